The van der Waals surface area contributed by atoms with Gasteiger partial charge in [0.05, 0.1) is 17.5 Å². The number of carbonyl (C=O) groups is 1. The minimum atomic E-state index is 0.0721. The van der Waals surface area contributed by atoms with Gasteiger partial charge in [-0.25, -0.2) is 0 Å². The fourth-order valence-corrected chi connectivity index (χ4v) is 4.04. The summed E-state index contributed by atoms with van der Waals surface area (Å²) in [7, 11) is 1.81. The lowest BCUT2D eigenvalue weighted by Gasteiger charge is -2.25. The van der Waals surface area contributed by atoms with E-state index in [1.165, 1.54) is 31.0 Å². The molecule has 0 bridgehead atoms. The molecule has 1 saturated heterocycles. The van der Waals surface area contributed by atoms with Gasteiger partial charge in [-0.3, -0.25) is 9.48 Å². The van der Waals surface area contributed by atoms with Crippen molar-refractivity contribution in [3.8, 4) is 0 Å². The zero-order valence-corrected chi connectivity index (χ0v) is 13.5. The number of anilines is 1. The molecule has 0 N–H and O–H groups in total. The topological polar surface area (TPSA) is 63.9 Å². The number of hydrogen-bond acceptors (Lipinski definition) is 7. The molecule has 8 heteroatoms. The number of hydrogen-bond donors (Lipinski definition) is 0. The van der Waals surface area contributed by atoms with E-state index < -0.39 is 0 Å². The third kappa shape index (κ3) is 3.62. The second kappa shape index (κ2) is 6.57. The van der Waals surface area contributed by atoms with Gasteiger partial charge >= 0.3 is 0 Å². The van der Waals surface area contributed by atoms with E-state index in [-0.39, 0.29) is 5.78 Å². The number of aryl methyl sites for hydroxylation is 1. The van der Waals surface area contributed by atoms with E-state index in [2.05, 4.69) is 20.2 Å². The van der Waals surface area contributed by atoms with Crippen LogP contribution in [0.1, 0.15) is 29.6 Å². The van der Waals surface area contributed by atoms with Crippen LogP contribution in [0.5, 0.6) is 0 Å². The maximum atomic E-state index is 12.0. The van der Waals surface area contributed by atoms with Crippen molar-refractivity contribution >= 4 is 34.0 Å². The Morgan fingerprint density at radius 2 is 2.14 bits per heavy atom. The van der Waals surface area contributed by atoms with E-state index in [1.807, 2.05) is 0 Å². The van der Waals surface area contributed by atoms with Crippen LogP contribution in [0.2, 0.25) is 0 Å². The fraction of sp³-hybridized carbons (Fsp3) is 0.538. The Morgan fingerprint density at radius 3 is 2.86 bits per heavy atom. The van der Waals surface area contributed by atoms with Gasteiger partial charge in [-0.05, 0) is 19.3 Å². The Hall–Kier alpha value is -1.41. The van der Waals surface area contributed by atoms with E-state index in [0.717, 1.165) is 22.6 Å². The van der Waals surface area contributed by atoms with E-state index >= 15 is 0 Å². The number of ketones is 1. The van der Waals surface area contributed by atoms with Gasteiger partial charge in [0, 0.05) is 26.3 Å². The number of Topliss-reactive ketones (excluding diaryl/α,β-unsaturated/α-hetero) is 1. The molecule has 0 radical (unpaired) electrons. The number of thioether (sulfide) groups is 1. The second-order valence-corrected chi connectivity index (χ2v) is 7.19. The average Bonchev–Trinajstić information content (AvgIpc) is 3.15. The number of nitrogens with zero attached hydrogens (tertiary/aromatic N) is 5. The molecular formula is C13H17N5OS2. The largest absolute Gasteiger partial charge is 0.347 e. The molecule has 0 unspecified atom stereocenters. The van der Waals surface area contributed by atoms with E-state index in [0.29, 0.717) is 11.3 Å². The molecule has 2 aromatic heterocycles. The summed E-state index contributed by atoms with van der Waals surface area (Å²) in [6.45, 7) is 2.13. The van der Waals surface area contributed by atoms with Gasteiger partial charge in [0.25, 0.3) is 0 Å². The number of aromatic nitrogens is 4. The molecule has 1 aliphatic rings. The van der Waals surface area contributed by atoms with Crippen molar-refractivity contribution in [2.75, 3.05) is 23.7 Å². The van der Waals surface area contributed by atoms with Crippen molar-refractivity contribution in [1.29, 1.82) is 0 Å². The third-order valence-electron chi connectivity index (χ3n) is 3.38. The van der Waals surface area contributed by atoms with Crippen molar-refractivity contribution in [2.24, 2.45) is 7.05 Å². The molecule has 1 fully saturated rings. The lowest BCUT2D eigenvalue weighted by atomic mass is 10.1. The van der Waals surface area contributed by atoms with Crippen LogP contribution in [0, 0.1) is 0 Å². The van der Waals surface area contributed by atoms with Crippen molar-refractivity contribution in [3.63, 3.8) is 0 Å². The first kappa shape index (κ1) is 14.5. The maximum Gasteiger partial charge on any atom is 0.209 e. The standard InChI is InChI=1S/C13H17N5OS2/c1-17-8-10(7-14-17)11(19)9-20-13-16-15-12(21-13)18-5-3-2-4-6-18/h7-8H,2-6,9H2,1H3. The Morgan fingerprint density at radius 1 is 1.33 bits per heavy atom. The van der Waals surface area contributed by atoms with E-state index in [9.17, 15) is 4.79 Å². The van der Waals surface area contributed by atoms with Crippen LogP contribution >= 0.6 is 23.1 Å². The first-order chi connectivity index (χ1) is 10.2. The Labute approximate surface area is 131 Å². The van der Waals surface area contributed by atoms with Crippen LogP contribution in [-0.4, -0.2) is 44.6 Å². The maximum absolute atomic E-state index is 12.0. The van der Waals surface area contributed by atoms with Crippen LogP contribution in [0.3, 0.4) is 0 Å². The quantitative estimate of drug-likeness (QED) is 0.621. The zero-order chi connectivity index (χ0) is 14.7. The number of rotatable bonds is 5. The molecule has 21 heavy (non-hydrogen) atoms. The highest BCUT2D eigenvalue weighted by Crippen LogP contribution is 2.29. The minimum absolute atomic E-state index is 0.0721. The molecule has 6 nitrogen and oxygen atoms in total. The monoisotopic (exact) mass is 323 g/mol. The van der Waals surface area contributed by atoms with Crippen molar-refractivity contribution in [2.45, 2.75) is 23.6 Å². The van der Waals surface area contributed by atoms with Gasteiger partial charge < -0.3 is 4.90 Å². The number of piperidine rings is 1. The first-order valence-corrected chi connectivity index (χ1v) is 8.76. The summed E-state index contributed by atoms with van der Waals surface area (Å²) in [5, 5.41) is 13.4. The first-order valence-electron chi connectivity index (χ1n) is 6.95. The van der Waals surface area contributed by atoms with Crippen molar-refractivity contribution in [1.82, 2.24) is 20.0 Å². The van der Waals surface area contributed by atoms with Crippen LogP contribution in [0.25, 0.3) is 0 Å². The van der Waals surface area contributed by atoms with Crippen LogP contribution in [0.15, 0.2) is 16.7 Å². The van der Waals surface area contributed by atoms with Crippen LogP contribution in [0.4, 0.5) is 5.13 Å². The summed E-state index contributed by atoms with van der Waals surface area (Å²) < 4.78 is 2.49. The molecular weight excluding hydrogens is 306 g/mol. The lowest BCUT2D eigenvalue weighted by Crippen LogP contribution is -2.29. The molecule has 3 heterocycles. The van der Waals surface area contributed by atoms with Crippen molar-refractivity contribution < 1.29 is 4.79 Å². The van der Waals surface area contributed by atoms with Crippen molar-refractivity contribution in [3.05, 3.63) is 18.0 Å². The van der Waals surface area contributed by atoms with Gasteiger partial charge in [0.15, 0.2) is 10.1 Å². The van der Waals surface area contributed by atoms with E-state index in [1.54, 1.807) is 35.5 Å². The summed E-state index contributed by atoms with van der Waals surface area (Å²) >= 11 is 3.02. The summed E-state index contributed by atoms with van der Waals surface area (Å²) in [6.07, 6.45) is 7.09. The predicted octanol–water partition coefficient (Wildman–Crippen LogP) is 2.24. The lowest BCUT2D eigenvalue weighted by molar-refractivity contribution is 0.102. The molecule has 0 saturated carbocycles. The molecule has 0 aliphatic carbocycles. The Kier molecular flexibility index (Phi) is 4.54. The molecule has 1 aliphatic heterocycles. The zero-order valence-electron chi connectivity index (χ0n) is 11.9. The van der Waals surface area contributed by atoms with Gasteiger partial charge in [-0.15, -0.1) is 10.2 Å². The highest BCUT2D eigenvalue weighted by atomic mass is 32.2. The van der Waals surface area contributed by atoms with E-state index in [4.69, 9.17) is 0 Å². The number of carbonyl (C=O) groups excluding carboxylic acids is 1. The summed E-state index contributed by atoms with van der Waals surface area (Å²) in [6, 6.07) is 0. The molecule has 3 rings (SSSR count). The highest BCUT2D eigenvalue weighted by Gasteiger charge is 2.16. The summed E-state index contributed by atoms with van der Waals surface area (Å²) in [5.74, 6) is 0.447. The van der Waals surface area contributed by atoms with Crippen LogP contribution < -0.4 is 4.90 Å². The fourth-order valence-electron chi connectivity index (χ4n) is 2.25. The van der Waals surface area contributed by atoms with Crippen LogP contribution in [-0.2, 0) is 7.05 Å². The normalized spacial score (nSPS) is 15.4. The summed E-state index contributed by atoms with van der Waals surface area (Å²) in [4.78, 5) is 14.3. The Balaban J connectivity index is 1.56. The molecule has 2 aromatic rings. The van der Waals surface area contributed by atoms with Gasteiger partial charge in [-0.1, -0.05) is 23.1 Å². The minimum Gasteiger partial charge on any atom is -0.347 e. The molecule has 0 spiro atoms. The summed E-state index contributed by atoms with van der Waals surface area (Å²) in [5.41, 5.74) is 0.644. The Bertz CT molecular complexity index is 618. The molecule has 0 atom stereocenters. The highest BCUT2D eigenvalue weighted by molar-refractivity contribution is 8.01. The molecule has 0 amide bonds. The molecule has 0 aromatic carbocycles. The van der Waals surface area contributed by atoms with Gasteiger partial charge in [0.1, 0.15) is 0 Å². The second-order valence-electron chi connectivity index (χ2n) is 5.01. The van der Waals surface area contributed by atoms with Gasteiger partial charge in [-0.2, -0.15) is 5.10 Å². The smallest absolute Gasteiger partial charge is 0.209 e. The third-order valence-corrected chi connectivity index (χ3v) is 5.49. The molecule has 112 valence electrons. The van der Waals surface area contributed by atoms with Gasteiger partial charge in [0.2, 0.25) is 5.13 Å². The average molecular weight is 323 g/mol. The predicted molar refractivity (Wildman–Crippen MR) is 84.2 cm³/mol. The SMILES string of the molecule is Cn1cc(C(=O)CSc2nnc(N3CCCCC3)s2)cn1.